The Labute approximate surface area is 182 Å². The van der Waals surface area contributed by atoms with Crippen molar-refractivity contribution in [1.29, 1.82) is 0 Å². The molecule has 9 heteroatoms. The van der Waals surface area contributed by atoms with E-state index in [9.17, 15) is 9.59 Å². The zero-order valence-corrected chi connectivity index (χ0v) is 17.5. The molecule has 0 fully saturated rings. The van der Waals surface area contributed by atoms with Gasteiger partial charge >= 0.3 is 5.69 Å². The molecule has 0 spiro atoms. The Morgan fingerprint density at radius 2 is 1.88 bits per heavy atom. The summed E-state index contributed by atoms with van der Waals surface area (Å²) in [5, 5.41) is 11.8. The Hall–Kier alpha value is -4.40. The summed E-state index contributed by atoms with van der Waals surface area (Å²) in [6.45, 7) is 1.69. The molecule has 0 saturated carbocycles. The molecule has 160 valence electrons. The standard InChI is InChI=1S/C23H20N6O3/c1-15-8-9-20(32-2)18(12-15)24-21(30)14-29-23(31)27-10-11-28-19(22(27)26-29)13-17(25-28)16-6-4-3-5-7-16/h3-13H,14H2,1-2H3,(H,24,30). The fourth-order valence-corrected chi connectivity index (χ4v) is 3.63. The normalized spacial score (nSPS) is 11.2. The number of nitrogens with zero attached hydrogens (tertiary/aromatic N) is 5. The van der Waals surface area contributed by atoms with Crippen molar-refractivity contribution in [3.05, 3.63) is 83.0 Å². The van der Waals surface area contributed by atoms with E-state index in [0.29, 0.717) is 22.6 Å². The van der Waals surface area contributed by atoms with Gasteiger partial charge in [-0.2, -0.15) is 5.10 Å². The van der Waals surface area contributed by atoms with Gasteiger partial charge < -0.3 is 10.1 Å². The van der Waals surface area contributed by atoms with Crippen LogP contribution in [0, 0.1) is 6.92 Å². The molecule has 0 saturated heterocycles. The second-order valence-electron chi connectivity index (χ2n) is 7.41. The molecule has 0 aliphatic carbocycles. The Kier molecular flexibility index (Phi) is 4.70. The van der Waals surface area contributed by atoms with Crippen LogP contribution in [-0.4, -0.2) is 36.8 Å². The molecule has 3 heterocycles. The minimum Gasteiger partial charge on any atom is -0.495 e. The first-order valence-corrected chi connectivity index (χ1v) is 10.0. The number of anilines is 1. The van der Waals surface area contributed by atoms with Gasteiger partial charge in [-0.3, -0.25) is 4.79 Å². The highest BCUT2D eigenvalue weighted by molar-refractivity contribution is 5.92. The van der Waals surface area contributed by atoms with Crippen LogP contribution in [0.5, 0.6) is 5.75 Å². The number of ether oxygens (including phenoxy) is 1. The van der Waals surface area contributed by atoms with Crippen molar-refractivity contribution in [3.8, 4) is 17.0 Å². The van der Waals surface area contributed by atoms with Crippen LogP contribution in [0.1, 0.15) is 5.56 Å². The molecular weight excluding hydrogens is 408 g/mol. The lowest BCUT2D eigenvalue weighted by molar-refractivity contribution is -0.117. The van der Waals surface area contributed by atoms with Crippen LogP contribution < -0.4 is 15.7 Å². The number of nitrogens with one attached hydrogen (secondary N) is 1. The average molecular weight is 428 g/mol. The SMILES string of the molecule is COc1ccc(C)cc1NC(=O)Cn1nc2c3cc(-c4ccccc4)nn3ccn2c1=O. The number of amides is 1. The molecule has 0 radical (unpaired) electrons. The number of aromatic nitrogens is 5. The van der Waals surface area contributed by atoms with E-state index in [1.807, 2.05) is 55.5 Å². The summed E-state index contributed by atoms with van der Waals surface area (Å²) in [4.78, 5) is 25.5. The Bertz CT molecular complexity index is 1510. The molecule has 1 N–H and O–H groups in total. The highest BCUT2D eigenvalue weighted by Crippen LogP contribution is 2.25. The largest absolute Gasteiger partial charge is 0.495 e. The molecule has 3 aromatic heterocycles. The second kappa shape index (κ2) is 7.69. The maximum Gasteiger partial charge on any atom is 0.350 e. The average Bonchev–Trinajstić information content (AvgIpc) is 3.36. The summed E-state index contributed by atoms with van der Waals surface area (Å²) >= 11 is 0. The predicted molar refractivity (Wildman–Crippen MR) is 120 cm³/mol. The second-order valence-corrected chi connectivity index (χ2v) is 7.41. The molecule has 0 aliphatic heterocycles. The Morgan fingerprint density at radius 1 is 1.06 bits per heavy atom. The third-order valence-corrected chi connectivity index (χ3v) is 5.18. The third kappa shape index (κ3) is 3.39. The number of rotatable bonds is 5. The van der Waals surface area contributed by atoms with Gasteiger partial charge in [0.05, 0.1) is 18.5 Å². The van der Waals surface area contributed by atoms with E-state index in [2.05, 4.69) is 15.5 Å². The highest BCUT2D eigenvalue weighted by Gasteiger charge is 2.16. The van der Waals surface area contributed by atoms with E-state index < -0.39 is 5.69 Å². The number of hydrogen-bond donors (Lipinski definition) is 1. The number of aryl methyl sites for hydroxylation is 1. The molecule has 32 heavy (non-hydrogen) atoms. The lowest BCUT2D eigenvalue weighted by Crippen LogP contribution is -2.28. The summed E-state index contributed by atoms with van der Waals surface area (Å²) in [6, 6.07) is 17.1. The summed E-state index contributed by atoms with van der Waals surface area (Å²) in [7, 11) is 1.54. The van der Waals surface area contributed by atoms with Gasteiger partial charge in [0.1, 0.15) is 17.8 Å². The highest BCUT2D eigenvalue weighted by atomic mass is 16.5. The summed E-state index contributed by atoms with van der Waals surface area (Å²) in [5.41, 5.74) is 3.93. The topological polar surface area (TPSA) is 94.9 Å². The zero-order chi connectivity index (χ0) is 22.2. The van der Waals surface area contributed by atoms with Gasteiger partial charge in [0.25, 0.3) is 0 Å². The quantitative estimate of drug-likeness (QED) is 0.465. The number of benzene rings is 2. The van der Waals surface area contributed by atoms with Crippen molar-refractivity contribution in [3.63, 3.8) is 0 Å². The monoisotopic (exact) mass is 428 g/mol. The molecule has 9 nitrogen and oxygen atoms in total. The summed E-state index contributed by atoms with van der Waals surface area (Å²) < 4.78 is 9.52. The maximum atomic E-state index is 12.8. The fourth-order valence-electron chi connectivity index (χ4n) is 3.63. The van der Waals surface area contributed by atoms with Crippen molar-refractivity contribution in [2.45, 2.75) is 13.5 Å². The van der Waals surface area contributed by atoms with E-state index in [4.69, 9.17) is 4.74 Å². The van der Waals surface area contributed by atoms with E-state index in [-0.39, 0.29) is 12.5 Å². The Balaban J connectivity index is 1.48. The van der Waals surface area contributed by atoms with Crippen LogP contribution >= 0.6 is 0 Å². The smallest absolute Gasteiger partial charge is 0.350 e. The van der Waals surface area contributed by atoms with Crippen molar-refractivity contribution in [1.82, 2.24) is 23.8 Å². The van der Waals surface area contributed by atoms with E-state index in [1.54, 1.807) is 23.0 Å². The number of carbonyl (C=O) groups is 1. The van der Waals surface area contributed by atoms with E-state index in [1.165, 1.54) is 11.5 Å². The fraction of sp³-hybridized carbons (Fsp3) is 0.130. The van der Waals surface area contributed by atoms with Gasteiger partial charge in [0, 0.05) is 18.0 Å². The first-order chi connectivity index (χ1) is 15.5. The number of hydrogen-bond acceptors (Lipinski definition) is 5. The van der Waals surface area contributed by atoms with Crippen LogP contribution in [0.25, 0.3) is 22.4 Å². The number of methoxy groups -OCH3 is 1. The molecule has 0 bridgehead atoms. The first kappa shape index (κ1) is 19.6. The molecule has 0 atom stereocenters. The summed E-state index contributed by atoms with van der Waals surface area (Å²) in [6.07, 6.45) is 3.29. The van der Waals surface area contributed by atoms with Crippen LogP contribution in [0.3, 0.4) is 0 Å². The van der Waals surface area contributed by atoms with Gasteiger partial charge in [-0.05, 0) is 30.7 Å². The van der Waals surface area contributed by atoms with Crippen molar-refractivity contribution >= 4 is 22.8 Å². The molecule has 0 unspecified atom stereocenters. The summed E-state index contributed by atoms with van der Waals surface area (Å²) in [5.74, 6) is 0.162. The van der Waals surface area contributed by atoms with Crippen molar-refractivity contribution in [2.75, 3.05) is 12.4 Å². The van der Waals surface area contributed by atoms with Crippen LogP contribution in [0.4, 0.5) is 5.69 Å². The van der Waals surface area contributed by atoms with E-state index >= 15 is 0 Å². The van der Waals surface area contributed by atoms with Gasteiger partial charge in [-0.25, -0.2) is 18.4 Å². The molecule has 2 aromatic carbocycles. The first-order valence-electron chi connectivity index (χ1n) is 10.0. The molecule has 0 aliphatic rings. The minimum absolute atomic E-state index is 0.233. The Morgan fingerprint density at radius 3 is 2.66 bits per heavy atom. The third-order valence-electron chi connectivity index (χ3n) is 5.18. The van der Waals surface area contributed by atoms with Gasteiger partial charge in [0.2, 0.25) is 5.91 Å². The van der Waals surface area contributed by atoms with Gasteiger partial charge in [-0.1, -0.05) is 36.4 Å². The molecule has 1 amide bonds. The van der Waals surface area contributed by atoms with Crippen LogP contribution in [0.2, 0.25) is 0 Å². The molecule has 5 aromatic rings. The molecule has 5 rings (SSSR count). The number of carbonyl (C=O) groups excluding carboxylic acids is 1. The minimum atomic E-state index is -0.406. The maximum absolute atomic E-state index is 12.8. The van der Waals surface area contributed by atoms with Crippen LogP contribution in [-0.2, 0) is 11.3 Å². The van der Waals surface area contributed by atoms with Crippen molar-refractivity contribution in [2.24, 2.45) is 0 Å². The van der Waals surface area contributed by atoms with Crippen molar-refractivity contribution < 1.29 is 9.53 Å². The van der Waals surface area contributed by atoms with Crippen LogP contribution in [0.15, 0.2) is 71.8 Å². The predicted octanol–water partition coefficient (Wildman–Crippen LogP) is 2.77. The lowest BCUT2D eigenvalue weighted by Gasteiger charge is -2.10. The lowest BCUT2D eigenvalue weighted by atomic mass is 10.1. The van der Waals surface area contributed by atoms with Gasteiger partial charge in [0.15, 0.2) is 5.65 Å². The number of fused-ring (bicyclic) bond motifs is 3. The molecular formula is C23H20N6O3. The zero-order valence-electron chi connectivity index (χ0n) is 17.5. The van der Waals surface area contributed by atoms with Gasteiger partial charge in [-0.15, -0.1) is 5.10 Å². The van der Waals surface area contributed by atoms with E-state index in [0.717, 1.165) is 21.5 Å².